The predicted octanol–water partition coefficient (Wildman–Crippen LogP) is 3.96. The Kier molecular flexibility index (Phi) is 5.85. The van der Waals surface area contributed by atoms with Crippen molar-refractivity contribution in [2.75, 3.05) is 30.0 Å². The Morgan fingerprint density at radius 3 is 2.59 bits per heavy atom. The molecule has 1 fully saturated rings. The molecule has 2 heterocycles. The summed E-state index contributed by atoms with van der Waals surface area (Å²) in [4.78, 5) is 14.9. The summed E-state index contributed by atoms with van der Waals surface area (Å²) in [6, 6.07) is 13.8. The Labute approximate surface area is 176 Å². The number of anilines is 2. The third-order valence-corrected chi connectivity index (χ3v) is 5.50. The number of rotatable bonds is 3. The molecule has 0 unspecified atom stereocenters. The van der Waals surface area contributed by atoms with E-state index in [1.165, 1.54) is 24.9 Å². The van der Waals surface area contributed by atoms with Crippen LogP contribution in [0, 0.1) is 0 Å². The van der Waals surface area contributed by atoms with Crippen LogP contribution in [0.3, 0.4) is 0 Å². The highest BCUT2D eigenvalue weighted by Crippen LogP contribution is 2.30. The minimum absolute atomic E-state index is 0.254. The van der Waals surface area contributed by atoms with Crippen LogP contribution in [-0.2, 0) is 0 Å². The zero-order valence-corrected chi connectivity index (χ0v) is 17.3. The van der Waals surface area contributed by atoms with E-state index in [9.17, 15) is 4.79 Å². The molecule has 6 nitrogen and oxygen atoms in total. The second-order valence-electron chi connectivity index (χ2n) is 7.35. The summed E-state index contributed by atoms with van der Waals surface area (Å²) in [5.74, 6) is 0.931. The topological polar surface area (TPSA) is 62.8 Å². The molecule has 4 rings (SSSR count). The number of thiocarbonyl (C=S) groups is 1. The number of benzene rings is 2. The van der Waals surface area contributed by atoms with Crippen LogP contribution < -0.4 is 25.0 Å². The molecule has 1 saturated heterocycles. The highest BCUT2D eigenvalue weighted by Gasteiger charge is 2.19. The average molecular weight is 412 g/mol. The van der Waals surface area contributed by atoms with Crippen molar-refractivity contribution in [3.8, 4) is 11.5 Å². The molecule has 2 aliphatic rings. The number of nitrogens with zero attached hydrogens (tertiary/aromatic N) is 1. The van der Waals surface area contributed by atoms with E-state index in [1.807, 2.05) is 12.1 Å². The van der Waals surface area contributed by atoms with Crippen molar-refractivity contribution in [2.45, 2.75) is 32.2 Å². The number of hydrogen-bond acceptors (Lipinski definition) is 5. The molecule has 152 valence electrons. The van der Waals surface area contributed by atoms with Gasteiger partial charge in [0.15, 0.2) is 16.6 Å². The number of nitrogens with one attached hydrogen (secondary N) is 2. The number of ether oxygens (including phenoxy) is 2. The van der Waals surface area contributed by atoms with Crippen LogP contribution in [0.25, 0.3) is 0 Å². The van der Waals surface area contributed by atoms with E-state index < -0.39 is 0 Å². The van der Waals surface area contributed by atoms with Crippen LogP contribution in [0.5, 0.6) is 11.5 Å². The van der Waals surface area contributed by atoms with Gasteiger partial charge in [-0.15, -0.1) is 0 Å². The zero-order chi connectivity index (χ0) is 20.2. The first-order valence-corrected chi connectivity index (χ1v) is 10.4. The fourth-order valence-corrected chi connectivity index (χ4v) is 3.95. The Hall–Kier alpha value is -2.80. The van der Waals surface area contributed by atoms with Gasteiger partial charge in [-0.05, 0) is 80.9 Å². The number of carbonyl (C=O) groups excluding carboxylic acids is 1. The third-order valence-electron chi connectivity index (χ3n) is 5.29. The van der Waals surface area contributed by atoms with E-state index in [4.69, 9.17) is 21.7 Å². The molecule has 7 heteroatoms. The molecule has 0 radical (unpaired) electrons. The SMILES string of the molecule is C[C@@H]1CCCCN1c1ccc(NC(=S)NC(=O)c2ccc3c(c2)OCCO3)cc1. The second kappa shape index (κ2) is 8.69. The molecular weight excluding hydrogens is 386 g/mol. The number of amides is 1. The first-order valence-electron chi connectivity index (χ1n) is 9.99. The van der Waals surface area contributed by atoms with Gasteiger partial charge in [0.2, 0.25) is 0 Å². The molecule has 1 atom stereocenters. The lowest BCUT2D eigenvalue weighted by atomic mass is 10.0. The summed E-state index contributed by atoms with van der Waals surface area (Å²) in [6.45, 7) is 4.36. The molecule has 2 N–H and O–H groups in total. The maximum atomic E-state index is 12.5. The summed E-state index contributed by atoms with van der Waals surface area (Å²) in [6.07, 6.45) is 3.77. The average Bonchev–Trinajstić information content (AvgIpc) is 2.74. The quantitative estimate of drug-likeness (QED) is 0.746. The first-order chi connectivity index (χ1) is 14.1. The van der Waals surface area contributed by atoms with Gasteiger partial charge in [0.1, 0.15) is 13.2 Å². The summed E-state index contributed by atoms with van der Waals surface area (Å²) in [7, 11) is 0. The Morgan fingerprint density at radius 1 is 1.07 bits per heavy atom. The van der Waals surface area contributed by atoms with Gasteiger partial charge >= 0.3 is 0 Å². The summed E-state index contributed by atoms with van der Waals surface area (Å²) < 4.78 is 11.0. The van der Waals surface area contributed by atoms with E-state index in [2.05, 4.69) is 34.6 Å². The molecule has 1 amide bonds. The lowest BCUT2D eigenvalue weighted by Gasteiger charge is -2.35. The standard InChI is InChI=1S/C22H25N3O3S/c1-15-4-2-3-11-25(15)18-8-6-17(7-9-18)23-22(29)24-21(26)16-5-10-19-20(14-16)28-13-12-27-19/h5-10,14-15H,2-4,11-13H2,1H3,(H2,23,24,26,29)/t15-/m1/s1. The van der Waals surface area contributed by atoms with Crippen LogP contribution in [0.15, 0.2) is 42.5 Å². The monoisotopic (exact) mass is 411 g/mol. The Balaban J connectivity index is 1.35. The molecular formula is C22H25N3O3S. The van der Waals surface area contributed by atoms with Crippen LogP contribution in [0.4, 0.5) is 11.4 Å². The van der Waals surface area contributed by atoms with E-state index in [0.29, 0.717) is 36.3 Å². The van der Waals surface area contributed by atoms with Gasteiger partial charge in [0, 0.05) is 29.5 Å². The van der Waals surface area contributed by atoms with Crippen molar-refractivity contribution < 1.29 is 14.3 Å². The zero-order valence-electron chi connectivity index (χ0n) is 16.4. The van der Waals surface area contributed by atoms with Gasteiger partial charge in [0.05, 0.1) is 0 Å². The van der Waals surface area contributed by atoms with Crippen LogP contribution in [0.2, 0.25) is 0 Å². The van der Waals surface area contributed by atoms with Crippen molar-refractivity contribution in [3.63, 3.8) is 0 Å². The van der Waals surface area contributed by atoms with Crippen molar-refractivity contribution in [3.05, 3.63) is 48.0 Å². The van der Waals surface area contributed by atoms with Crippen molar-refractivity contribution in [1.82, 2.24) is 5.32 Å². The van der Waals surface area contributed by atoms with Crippen LogP contribution >= 0.6 is 12.2 Å². The molecule has 2 aliphatic heterocycles. The first kappa shape index (κ1) is 19.5. The molecule has 0 saturated carbocycles. The van der Waals surface area contributed by atoms with Gasteiger partial charge in [-0.1, -0.05) is 0 Å². The van der Waals surface area contributed by atoms with Gasteiger partial charge < -0.3 is 19.7 Å². The molecule has 0 aromatic heterocycles. The van der Waals surface area contributed by atoms with Crippen LogP contribution in [-0.4, -0.2) is 36.8 Å². The van der Waals surface area contributed by atoms with Crippen molar-refractivity contribution in [1.29, 1.82) is 0 Å². The van der Waals surface area contributed by atoms with Gasteiger partial charge in [-0.25, -0.2) is 0 Å². The van der Waals surface area contributed by atoms with E-state index in [1.54, 1.807) is 18.2 Å². The fourth-order valence-electron chi connectivity index (χ4n) is 3.74. The minimum Gasteiger partial charge on any atom is -0.486 e. The number of hydrogen-bond donors (Lipinski definition) is 2. The van der Waals surface area contributed by atoms with Gasteiger partial charge in [0.25, 0.3) is 5.91 Å². The molecule has 0 bridgehead atoms. The normalized spacial score (nSPS) is 18.1. The highest BCUT2D eigenvalue weighted by atomic mass is 32.1. The van der Waals surface area contributed by atoms with Gasteiger partial charge in [-0.3, -0.25) is 10.1 Å². The van der Waals surface area contributed by atoms with Crippen LogP contribution in [0.1, 0.15) is 36.5 Å². The lowest BCUT2D eigenvalue weighted by molar-refractivity contribution is 0.0976. The maximum absolute atomic E-state index is 12.5. The minimum atomic E-state index is -0.293. The molecule has 2 aromatic carbocycles. The second-order valence-corrected chi connectivity index (χ2v) is 7.76. The largest absolute Gasteiger partial charge is 0.486 e. The maximum Gasteiger partial charge on any atom is 0.257 e. The van der Waals surface area contributed by atoms with Crippen molar-refractivity contribution in [2.24, 2.45) is 0 Å². The smallest absolute Gasteiger partial charge is 0.257 e. The summed E-state index contributed by atoms with van der Waals surface area (Å²) in [5.41, 5.74) is 2.52. The summed E-state index contributed by atoms with van der Waals surface area (Å²) >= 11 is 5.30. The Bertz CT molecular complexity index is 901. The Morgan fingerprint density at radius 2 is 1.83 bits per heavy atom. The van der Waals surface area contributed by atoms with E-state index in [0.717, 1.165) is 12.2 Å². The number of piperidine rings is 1. The number of carbonyl (C=O) groups is 1. The highest BCUT2D eigenvalue weighted by molar-refractivity contribution is 7.80. The molecule has 0 aliphatic carbocycles. The molecule has 2 aromatic rings. The van der Waals surface area contributed by atoms with Gasteiger partial charge in [-0.2, -0.15) is 0 Å². The lowest BCUT2D eigenvalue weighted by Crippen LogP contribution is -2.37. The fraction of sp³-hybridized carbons (Fsp3) is 0.364. The van der Waals surface area contributed by atoms with E-state index in [-0.39, 0.29) is 11.0 Å². The molecule has 0 spiro atoms. The third kappa shape index (κ3) is 4.62. The van der Waals surface area contributed by atoms with E-state index >= 15 is 0 Å². The predicted molar refractivity (Wildman–Crippen MR) is 118 cm³/mol. The van der Waals surface area contributed by atoms with Crippen molar-refractivity contribution >= 4 is 34.6 Å². The number of fused-ring (bicyclic) bond motifs is 1. The summed E-state index contributed by atoms with van der Waals surface area (Å²) in [5, 5.41) is 6.04. The molecule has 29 heavy (non-hydrogen) atoms.